The van der Waals surface area contributed by atoms with Gasteiger partial charge in [-0.15, -0.1) is 12.4 Å². The fourth-order valence-corrected chi connectivity index (χ4v) is 4.23. The Morgan fingerprint density at radius 1 is 1.29 bits per heavy atom. The van der Waals surface area contributed by atoms with Gasteiger partial charge in [-0.3, -0.25) is 9.00 Å². The maximum absolute atomic E-state index is 12.5. The highest BCUT2D eigenvalue weighted by Crippen LogP contribution is 2.38. The zero-order valence-electron chi connectivity index (χ0n) is 14.6. The van der Waals surface area contributed by atoms with Gasteiger partial charge in [0.25, 0.3) is 0 Å². The van der Waals surface area contributed by atoms with E-state index in [1.807, 2.05) is 25.1 Å². The van der Waals surface area contributed by atoms with Crippen molar-refractivity contribution in [2.24, 2.45) is 11.1 Å². The third-order valence-corrected chi connectivity index (χ3v) is 5.68. The molecular weight excluding hydrogens is 344 g/mol. The zero-order chi connectivity index (χ0) is 16.9. The Bertz CT molecular complexity index is 586. The number of anilines is 1. The van der Waals surface area contributed by atoms with Crippen molar-refractivity contribution in [1.29, 1.82) is 0 Å². The lowest BCUT2D eigenvalue weighted by Crippen LogP contribution is -2.36. The van der Waals surface area contributed by atoms with Crippen LogP contribution in [0, 0.1) is 12.3 Å². The summed E-state index contributed by atoms with van der Waals surface area (Å²) in [5, 5.41) is 3.04. The largest absolute Gasteiger partial charge is 0.330 e. The molecule has 3 N–H and O–H groups in total. The normalized spacial score (nSPS) is 17.6. The van der Waals surface area contributed by atoms with Gasteiger partial charge in [0.1, 0.15) is 0 Å². The van der Waals surface area contributed by atoms with Gasteiger partial charge < -0.3 is 11.1 Å². The Morgan fingerprint density at radius 2 is 1.96 bits per heavy atom. The van der Waals surface area contributed by atoms with Gasteiger partial charge in [0.15, 0.2) is 0 Å². The molecule has 6 heteroatoms. The number of halogens is 1. The van der Waals surface area contributed by atoms with Crippen LogP contribution in [0.25, 0.3) is 0 Å². The second kappa shape index (κ2) is 9.54. The molecule has 0 aromatic heterocycles. The molecule has 136 valence electrons. The van der Waals surface area contributed by atoms with Crippen molar-refractivity contribution in [2.75, 3.05) is 18.1 Å². The van der Waals surface area contributed by atoms with Gasteiger partial charge in [0, 0.05) is 34.9 Å². The van der Waals surface area contributed by atoms with E-state index < -0.39 is 10.8 Å². The molecule has 1 fully saturated rings. The molecule has 0 spiro atoms. The summed E-state index contributed by atoms with van der Waals surface area (Å²) in [4.78, 5) is 12.5. The molecule has 1 atom stereocenters. The molecule has 0 heterocycles. The van der Waals surface area contributed by atoms with E-state index in [-0.39, 0.29) is 23.7 Å². The maximum atomic E-state index is 12.5. The van der Waals surface area contributed by atoms with Crippen molar-refractivity contribution in [3.05, 3.63) is 29.3 Å². The topological polar surface area (TPSA) is 72.2 Å². The van der Waals surface area contributed by atoms with Gasteiger partial charge >= 0.3 is 0 Å². The molecule has 0 aliphatic heterocycles. The van der Waals surface area contributed by atoms with E-state index in [0.717, 1.165) is 29.7 Å². The summed E-state index contributed by atoms with van der Waals surface area (Å²) >= 11 is 0. The number of hydrogen-bond donors (Lipinski definition) is 2. The summed E-state index contributed by atoms with van der Waals surface area (Å²) in [6.07, 6.45) is 7.86. The summed E-state index contributed by atoms with van der Waals surface area (Å²) in [5.41, 5.74) is 8.79. The monoisotopic (exact) mass is 372 g/mol. The first kappa shape index (κ1) is 21.1. The molecule has 0 bridgehead atoms. The van der Waals surface area contributed by atoms with Gasteiger partial charge in [-0.2, -0.15) is 0 Å². The van der Waals surface area contributed by atoms with Crippen LogP contribution in [0.5, 0.6) is 0 Å². The number of carbonyl (C=O) groups excluding carboxylic acids is 1. The predicted molar refractivity (Wildman–Crippen MR) is 104 cm³/mol. The average molecular weight is 373 g/mol. The smallest absolute Gasteiger partial charge is 0.224 e. The zero-order valence-corrected chi connectivity index (χ0v) is 16.2. The number of carbonyl (C=O) groups is 1. The van der Waals surface area contributed by atoms with Crippen LogP contribution < -0.4 is 11.1 Å². The van der Waals surface area contributed by atoms with E-state index in [2.05, 4.69) is 5.32 Å². The quantitative estimate of drug-likeness (QED) is 0.802. The van der Waals surface area contributed by atoms with Crippen LogP contribution in [-0.4, -0.2) is 22.9 Å². The Morgan fingerprint density at radius 3 is 2.54 bits per heavy atom. The molecule has 0 radical (unpaired) electrons. The van der Waals surface area contributed by atoms with E-state index in [0.29, 0.717) is 18.7 Å². The third kappa shape index (κ3) is 5.57. The predicted octanol–water partition coefficient (Wildman–Crippen LogP) is 3.53. The minimum atomic E-state index is -0.891. The molecule has 1 aliphatic carbocycles. The number of rotatable bonds is 6. The maximum Gasteiger partial charge on any atom is 0.224 e. The fraction of sp³-hybridized carbons (Fsp3) is 0.611. The van der Waals surface area contributed by atoms with Crippen molar-refractivity contribution >= 4 is 34.8 Å². The first-order valence-corrected chi connectivity index (χ1v) is 10.1. The van der Waals surface area contributed by atoms with Gasteiger partial charge in [-0.1, -0.05) is 31.4 Å². The molecular formula is C18H29ClN2O2S. The van der Waals surface area contributed by atoms with Crippen molar-refractivity contribution in [2.45, 2.75) is 51.2 Å². The van der Waals surface area contributed by atoms with Crippen molar-refractivity contribution in [3.8, 4) is 0 Å². The van der Waals surface area contributed by atoms with Gasteiger partial charge in [0.2, 0.25) is 5.91 Å². The van der Waals surface area contributed by atoms with Crippen LogP contribution in [0.2, 0.25) is 0 Å². The van der Waals surface area contributed by atoms with Gasteiger partial charge in [-0.05, 0) is 48.9 Å². The Hall–Kier alpha value is -0.910. The molecule has 24 heavy (non-hydrogen) atoms. The standard InChI is InChI=1S/C18H28N2O2S.ClH/c1-14-15(12-23(2)22)7-6-8-16(14)20-17(21)11-18(13-19)9-4-3-5-10-18;/h6-8H,3-5,9-13,19H2,1-2H3,(H,20,21);1H. The molecule has 2 rings (SSSR count). The van der Waals surface area contributed by atoms with Crippen LogP contribution >= 0.6 is 12.4 Å². The van der Waals surface area contributed by atoms with Crippen molar-refractivity contribution in [3.63, 3.8) is 0 Å². The molecule has 1 aliphatic rings. The minimum Gasteiger partial charge on any atom is -0.330 e. The molecule has 0 saturated heterocycles. The van der Waals surface area contributed by atoms with E-state index in [1.54, 1.807) is 6.26 Å². The van der Waals surface area contributed by atoms with Crippen LogP contribution in [0.4, 0.5) is 5.69 Å². The van der Waals surface area contributed by atoms with E-state index in [1.165, 1.54) is 19.3 Å². The minimum absolute atomic E-state index is 0. The summed E-state index contributed by atoms with van der Waals surface area (Å²) in [6, 6.07) is 5.78. The number of amides is 1. The summed E-state index contributed by atoms with van der Waals surface area (Å²) < 4.78 is 11.5. The Balaban J connectivity index is 0.00000288. The number of hydrogen-bond acceptors (Lipinski definition) is 3. The lowest BCUT2D eigenvalue weighted by molar-refractivity contribution is -0.118. The van der Waals surface area contributed by atoms with E-state index in [4.69, 9.17) is 5.73 Å². The number of nitrogens with two attached hydrogens (primary N) is 1. The first-order chi connectivity index (χ1) is 11.0. The lowest BCUT2D eigenvalue weighted by Gasteiger charge is -2.35. The average Bonchev–Trinajstić information content (AvgIpc) is 2.51. The SMILES string of the molecule is Cc1c(CS(C)=O)cccc1NC(=O)CC1(CN)CCCCC1.Cl. The molecule has 1 aromatic carbocycles. The first-order valence-electron chi connectivity index (χ1n) is 8.34. The van der Waals surface area contributed by atoms with Crippen LogP contribution in [0.15, 0.2) is 18.2 Å². The number of benzene rings is 1. The molecule has 4 nitrogen and oxygen atoms in total. The van der Waals surface area contributed by atoms with E-state index in [9.17, 15) is 9.00 Å². The second-order valence-corrected chi connectivity index (χ2v) is 8.23. The second-order valence-electron chi connectivity index (χ2n) is 6.80. The summed E-state index contributed by atoms with van der Waals surface area (Å²) in [6.45, 7) is 2.55. The summed E-state index contributed by atoms with van der Waals surface area (Å²) in [7, 11) is -0.891. The molecule has 1 amide bonds. The van der Waals surface area contributed by atoms with Gasteiger partial charge in [0.05, 0.1) is 0 Å². The summed E-state index contributed by atoms with van der Waals surface area (Å²) in [5.74, 6) is 0.553. The third-order valence-electron chi connectivity index (χ3n) is 4.96. The van der Waals surface area contributed by atoms with Crippen molar-refractivity contribution < 1.29 is 9.00 Å². The molecule has 1 aromatic rings. The van der Waals surface area contributed by atoms with Crippen molar-refractivity contribution in [1.82, 2.24) is 0 Å². The lowest BCUT2D eigenvalue weighted by atomic mass is 9.71. The Kier molecular flexibility index (Phi) is 8.40. The highest BCUT2D eigenvalue weighted by Gasteiger charge is 2.33. The van der Waals surface area contributed by atoms with Crippen LogP contribution in [0.1, 0.15) is 49.7 Å². The molecule has 1 saturated carbocycles. The molecule has 1 unspecified atom stereocenters. The highest BCUT2D eigenvalue weighted by molar-refractivity contribution is 7.83. The van der Waals surface area contributed by atoms with Crippen LogP contribution in [-0.2, 0) is 21.3 Å². The van der Waals surface area contributed by atoms with Crippen LogP contribution in [0.3, 0.4) is 0 Å². The van der Waals surface area contributed by atoms with E-state index >= 15 is 0 Å². The highest BCUT2D eigenvalue weighted by atomic mass is 35.5. The number of nitrogens with one attached hydrogen (secondary N) is 1. The fourth-order valence-electron chi connectivity index (χ4n) is 3.48. The Labute approximate surface area is 153 Å². The van der Waals surface area contributed by atoms with Gasteiger partial charge in [-0.25, -0.2) is 0 Å².